The Labute approximate surface area is 82.6 Å². The Morgan fingerprint density at radius 2 is 1.93 bits per heavy atom. The molecule has 0 aromatic heterocycles. The molecule has 2 rings (SSSR count). The summed E-state index contributed by atoms with van der Waals surface area (Å²) in [5.74, 6) is 4.38. The van der Waals surface area contributed by atoms with Crippen LogP contribution >= 0.6 is 0 Å². The molecule has 2 amide bonds. The zero-order valence-corrected chi connectivity index (χ0v) is 8.03. The predicted molar refractivity (Wildman–Crippen MR) is 49.8 cm³/mol. The van der Waals surface area contributed by atoms with E-state index >= 15 is 0 Å². The highest BCUT2D eigenvalue weighted by Crippen LogP contribution is 2.34. The third-order valence-electron chi connectivity index (χ3n) is 2.73. The normalized spacial score (nSPS) is 20.4. The molecular formula is C9H15N3O2. The van der Waals surface area contributed by atoms with Gasteiger partial charge in [0.2, 0.25) is 0 Å². The molecule has 0 bridgehead atoms. The van der Waals surface area contributed by atoms with Crippen molar-refractivity contribution < 1.29 is 9.59 Å². The lowest BCUT2D eigenvalue weighted by Gasteiger charge is -2.20. The van der Waals surface area contributed by atoms with Gasteiger partial charge in [-0.2, -0.15) is 0 Å². The van der Waals surface area contributed by atoms with Gasteiger partial charge in [0.15, 0.2) is 0 Å². The van der Waals surface area contributed by atoms with E-state index in [4.69, 9.17) is 5.84 Å². The summed E-state index contributed by atoms with van der Waals surface area (Å²) in [6.07, 6.45) is 4.41. The number of hydrazine groups is 1. The summed E-state index contributed by atoms with van der Waals surface area (Å²) in [5, 5.41) is 0. The molecule has 0 heterocycles. The Bertz CT molecular complexity index is 259. The summed E-state index contributed by atoms with van der Waals surface area (Å²) in [7, 11) is 0. The van der Waals surface area contributed by atoms with Crippen molar-refractivity contribution in [3.05, 3.63) is 0 Å². The van der Waals surface area contributed by atoms with E-state index in [9.17, 15) is 9.59 Å². The molecule has 2 fully saturated rings. The summed E-state index contributed by atoms with van der Waals surface area (Å²) in [4.78, 5) is 24.3. The largest absolute Gasteiger partial charge is 0.331 e. The standard InChI is InChI=1S/C9H15N3O2/c10-11-8(13)9(14)12(7-3-4-7)5-6-1-2-6/h6-7H,1-5,10H2,(H,11,13). The van der Waals surface area contributed by atoms with E-state index in [-0.39, 0.29) is 0 Å². The van der Waals surface area contributed by atoms with E-state index in [1.54, 1.807) is 4.90 Å². The first-order valence-corrected chi connectivity index (χ1v) is 5.04. The van der Waals surface area contributed by atoms with Crippen LogP contribution in [0.1, 0.15) is 25.7 Å². The first-order chi connectivity index (χ1) is 6.72. The molecule has 5 heteroatoms. The number of carbonyl (C=O) groups is 2. The van der Waals surface area contributed by atoms with Crippen LogP contribution in [0, 0.1) is 5.92 Å². The van der Waals surface area contributed by atoms with E-state index in [2.05, 4.69) is 0 Å². The first-order valence-electron chi connectivity index (χ1n) is 5.04. The zero-order chi connectivity index (χ0) is 10.1. The van der Waals surface area contributed by atoms with Gasteiger partial charge >= 0.3 is 11.8 Å². The fourth-order valence-electron chi connectivity index (χ4n) is 1.55. The quantitative estimate of drug-likeness (QED) is 0.274. The second-order valence-corrected chi connectivity index (χ2v) is 4.11. The fraction of sp³-hybridized carbons (Fsp3) is 0.778. The molecular weight excluding hydrogens is 182 g/mol. The lowest BCUT2D eigenvalue weighted by atomic mass is 10.3. The second kappa shape index (κ2) is 3.57. The summed E-state index contributed by atoms with van der Waals surface area (Å²) >= 11 is 0. The maximum Gasteiger partial charge on any atom is 0.323 e. The van der Waals surface area contributed by atoms with Crippen molar-refractivity contribution in [2.45, 2.75) is 31.7 Å². The van der Waals surface area contributed by atoms with Crippen LogP contribution in [0.4, 0.5) is 0 Å². The van der Waals surface area contributed by atoms with Crippen molar-refractivity contribution in [3.8, 4) is 0 Å². The van der Waals surface area contributed by atoms with Crippen LogP contribution in [0.2, 0.25) is 0 Å². The third-order valence-corrected chi connectivity index (χ3v) is 2.73. The summed E-state index contributed by atoms with van der Waals surface area (Å²) in [6, 6.07) is 0.292. The van der Waals surface area contributed by atoms with Crippen LogP contribution in [-0.4, -0.2) is 29.3 Å². The van der Waals surface area contributed by atoms with Crippen LogP contribution in [0.3, 0.4) is 0 Å². The molecule has 78 valence electrons. The minimum atomic E-state index is -0.697. The highest BCUT2D eigenvalue weighted by Gasteiger charge is 2.38. The zero-order valence-electron chi connectivity index (χ0n) is 8.03. The smallest absolute Gasteiger partial charge is 0.323 e. The topological polar surface area (TPSA) is 75.4 Å². The van der Waals surface area contributed by atoms with Crippen LogP contribution < -0.4 is 11.3 Å². The van der Waals surface area contributed by atoms with Crippen LogP contribution in [-0.2, 0) is 9.59 Å². The molecule has 0 unspecified atom stereocenters. The van der Waals surface area contributed by atoms with Gasteiger partial charge in [-0.25, -0.2) is 5.84 Å². The van der Waals surface area contributed by atoms with Gasteiger partial charge in [-0.3, -0.25) is 15.0 Å². The minimum absolute atomic E-state index is 0.292. The molecule has 0 aromatic rings. The predicted octanol–water partition coefficient (Wildman–Crippen LogP) is -0.623. The van der Waals surface area contributed by atoms with Gasteiger partial charge in [0.25, 0.3) is 0 Å². The highest BCUT2D eigenvalue weighted by molar-refractivity contribution is 6.34. The Morgan fingerprint density at radius 3 is 2.36 bits per heavy atom. The number of hydrogen-bond donors (Lipinski definition) is 2. The molecule has 5 nitrogen and oxygen atoms in total. The maximum atomic E-state index is 11.6. The molecule has 14 heavy (non-hydrogen) atoms. The van der Waals surface area contributed by atoms with Crippen molar-refractivity contribution in [1.29, 1.82) is 0 Å². The number of rotatable bonds is 3. The number of amides is 2. The average Bonchev–Trinajstić information content (AvgIpc) is 3.02. The van der Waals surface area contributed by atoms with Crippen molar-refractivity contribution in [2.24, 2.45) is 11.8 Å². The lowest BCUT2D eigenvalue weighted by molar-refractivity contribution is -0.146. The summed E-state index contributed by atoms with van der Waals surface area (Å²) in [6.45, 7) is 0.733. The lowest BCUT2D eigenvalue weighted by Crippen LogP contribution is -2.47. The SMILES string of the molecule is NNC(=O)C(=O)N(CC1CC1)C1CC1. The van der Waals surface area contributed by atoms with Crippen molar-refractivity contribution in [2.75, 3.05) is 6.54 Å². The van der Waals surface area contributed by atoms with Gasteiger partial charge in [0.05, 0.1) is 0 Å². The van der Waals surface area contributed by atoms with Gasteiger partial charge in [0.1, 0.15) is 0 Å². The molecule has 3 N–H and O–H groups in total. The van der Waals surface area contributed by atoms with Crippen LogP contribution in [0.5, 0.6) is 0 Å². The van der Waals surface area contributed by atoms with Gasteiger partial charge in [0, 0.05) is 12.6 Å². The molecule has 2 saturated carbocycles. The highest BCUT2D eigenvalue weighted by atomic mass is 16.2. The summed E-state index contributed by atoms with van der Waals surface area (Å²) in [5.41, 5.74) is 1.89. The van der Waals surface area contributed by atoms with Crippen molar-refractivity contribution >= 4 is 11.8 Å². The Hall–Kier alpha value is -1.10. The average molecular weight is 197 g/mol. The van der Waals surface area contributed by atoms with Crippen LogP contribution in [0.25, 0.3) is 0 Å². The Kier molecular flexibility index (Phi) is 2.41. The maximum absolute atomic E-state index is 11.6. The molecule has 0 aliphatic heterocycles. The van der Waals surface area contributed by atoms with Gasteiger partial charge < -0.3 is 4.90 Å². The molecule has 0 saturated heterocycles. The Balaban J connectivity index is 1.93. The van der Waals surface area contributed by atoms with E-state index in [0.29, 0.717) is 12.0 Å². The Morgan fingerprint density at radius 1 is 1.29 bits per heavy atom. The number of nitrogens with zero attached hydrogens (tertiary/aromatic N) is 1. The first kappa shape index (κ1) is 9.45. The number of nitrogens with one attached hydrogen (secondary N) is 1. The monoisotopic (exact) mass is 197 g/mol. The van der Waals surface area contributed by atoms with Gasteiger partial charge in [-0.05, 0) is 31.6 Å². The molecule has 0 spiro atoms. The van der Waals surface area contributed by atoms with Crippen molar-refractivity contribution in [1.82, 2.24) is 10.3 Å². The van der Waals surface area contributed by atoms with Gasteiger partial charge in [-0.1, -0.05) is 0 Å². The van der Waals surface area contributed by atoms with Gasteiger partial charge in [-0.15, -0.1) is 0 Å². The third kappa shape index (κ3) is 2.04. The van der Waals surface area contributed by atoms with E-state index in [1.807, 2.05) is 5.43 Å². The van der Waals surface area contributed by atoms with E-state index in [1.165, 1.54) is 12.8 Å². The van der Waals surface area contributed by atoms with E-state index in [0.717, 1.165) is 19.4 Å². The minimum Gasteiger partial charge on any atom is -0.331 e. The molecule has 2 aliphatic carbocycles. The summed E-state index contributed by atoms with van der Waals surface area (Å²) < 4.78 is 0. The van der Waals surface area contributed by atoms with Crippen LogP contribution in [0.15, 0.2) is 0 Å². The second-order valence-electron chi connectivity index (χ2n) is 4.11. The molecule has 0 radical (unpaired) electrons. The number of carbonyl (C=O) groups excluding carboxylic acids is 2. The molecule has 2 aliphatic rings. The fourth-order valence-corrected chi connectivity index (χ4v) is 1.55. The molecule has 0 aromatic carbocycles. The molecule has 0 atom stereocenters. The number of hydrogen-bond acceptors (Lipinski definition) is 3. The van der Waals surface area contributed by atoms with E-state index < -0.39 is 11.8 Å². The number of nitrogens with two attached hydrogens (primary N) is 1. The van der Waals surface area contributed by atoms with Crippen molar-refractivity contribution in [3.63, 3.8) is 0 Å².